The van der Waals surface area contributed by atoms with E-state index in [1.165, 1.54) is 57.1 Å². The Morgan fingerprint density at radius 3 is 2.55 bits per heavy atom. The molecule has 0 amide bonds. The molecule has 1 aliphatic carbocycles. The van der Waals surface area contributed by atoms with Gasteiger partial charge >= 0.3 is 0 Å². The number of ketones is 1. The van der Waals surface area contributed by atoms with E-state index in [-0.39, 0.29) is 0 Å². The highest BCUT2D eigenvalue weighted by atomic mass is 16.1. The molecule has 3 rings (SSSR count). The molecule has 0 N–H and O–H groups in total. The fourth-order valence-corrected chi connectivity index (χ4v) is 3.96. The third-order valence-electron chi connectivity index (χ3n) is 5.12. The van der Waals surface area contributed by atoms with E-state index in [0.717, 1.165) is 18.8 Å². The zero-order valence-electron chi connectivity index (χ0n) is 13.9. The van der Waals surface area contributed by atoms with E-state index in [1.807, 2.05) is 0 Å². The van der Waals surface area contributed by atoms with Crippen LogP contribution in [0.1, 0.15) is 68.8 Å². The van der Waals surface area contributed by atoms with Gasteiger partial charge in [-0.2, -0.15) is 5.10 Å². The number of nitrogens with zero attached hydrogens (tertiary/aromatic N) is 3. The summed E-state index contributed by atoms with van der Waals surface area (Å²) < 4.78 is 2.18. The predicted molar refractivity (Wildman–Crippen MR) is 88.1 cm³/mol. The molecular weight excluding hydrogens is 274 g/mol. The van der Waals surface area contributed by atoms with Crippen molar-refractivity contribution >= 4 is 5.78 Å². The van der Waals surface area contributed by atoms with Gasteiger partial charge in [0.2, 0.25) is 0 Å². The fourth-order valence-electron chi connectivity index (χ4n) is 3.96. The van der Waals surface area contributed by atoms with Crippen LogP contribution in [0.15, 0.2) is 6.07 Å². The van der Waals surface area contributed by atoms with E-state index in [2.05, 4.69) is 22.6 Å². The largest absolute Gasteiger partial charge is 0.298 e. The molecule has 22 heavy (non-hydrogen) atoms. The second-order valence-electron chi connectivity index (χ2n) is 7.07. The van der Waals surface area contributed by atoms with Gasteiger partial charge in [-0.15, -0.1) is 0 Å². The van der Waals surface area contributed by atoms with Crippen molar-refractivity contribution in [1.29, 1.82) is 0 Å². The molecule has 2 fully saturated rings. The van der Waals surface area contributed by atoms with Crippen LogP contribution in [0.5, 0.6) is 0 Å². The number of rotatable bonds is 5. The Hall–Kier alpha value is -1.16. The van der Waals surface area contributed by atoms with Crippen LogP contribution in [0.2, 0.25) is 0 Å². The number of hydrogen-bond acceptors (Lipinski definition) is 3. The zero-order chi connectivity index (χ0) is 15.4. The summed E-state index contributed by atoms with van der Waals surface area (Å²) in [4.78, 5) is 14.6. The van der Waals surface area contributed by atoms with Crippen molar-refractivity contribution in [2.24, 2.45) is 0 Å². The number of Topliss-reactive ketones (excluding diaryl/α,β-unsaturated/α-hetero) is 1. The number of aromatic nitrogens is 2. The van der Waals surface area contributed by atoms with Crippen LogP contribution in [0.3, 0.4) is 0 Å². The van der Waals surface area contributed by atoms with Gasteiger partial charge in [-0.25, -0.2) is 0 Å². The molecule has 0 spiro atoms. The van der Waals surface area contributed by atoms with Gasteiger partial charge in [-0.3, -0.25) is 14.4 Å². The van der Waals surface area contributed by atoms with Crippen LogP contribution in [-0.4, -0.2) is 40.1 Å². The number of piperidine rings is 1. The Bertz CT molecular complexity index is 496. The maximum Gasteiger partial charge on any atom is 0.152 e. The molecule has 122 valence electrons. The fraction of sp³-hybridized carbons (Fsp3) is 0.778. The van der Waals surface area contributed by atoms with Gasteiger partial charge in [0.1, 0.15) is 0 Å². The summed E-state index contributed by atoms with van der Waals surface area (Å²) in [6.07, 6.45) is 10.8. The average molecular weight is 303 g/mol. The molecule has 4 heteroatoms. The summed E-state index contributed by atoms with van der Waals surface area (Å²) in [5.74, 6) is 0.315. The molecule has 0 bridgehead atoms. The maximum atomic E-state index is 12.3. The van der Waals surface area contributed by atoms with Crippen molar-refractivity contribution in [3.05, 3.63) is 17.5 Å². The molecular formula is C18H29N3O. The first-order chi connectivity index (χ1) is 10.7. The normalized spacial score (nSPS) is 21.1. The maximum absolute atomic E-state index is 12.3. The van der Waals surface area contributed by atoms with Crippen molar-refractivity contribution in [1.82, 2.24) is 14.7 Å². The minimum absolute atomic E-state index is 0.315. The van der Waals surface area contributed by atoms with Crippen LogP contribution in [0.4, 0.5) is 0 Å². The Labute approximate surface area is 133 Å². The highest BCUT2D eigenvalue weighted by Gasteiger charge is 2.20. The van der Waals surface area contributed by atoms with E-state index in [9.17, 15) is 4.79 Å². The van der Waals surface area contributed by atoms with Crippen molar-refractivity contribution in [2.75, 3.05) is 19.6 Å². The molecule has 2 aliphatic rings. The van der Waals surface area contributed by atoms with Gasteiger partial charge < -0.3 is 0 Å². The third-order valence-corrected chi connectivity index (χ3v) is 5.12. The minimum atomic E-state index is 0.315. The second-order valence-corrected chi connectivity index (χ2v) is 7.07. The van der Waals surface area contributed by atoms with Crippen molar-refractivity contribution in [2.45, 2.75) is 70.8 Å². The lowest BCUT2D eigenvalue weighted by Gasteiger charge is -2.25. The topological polar surface area (TPSA) is 38.1 Å². The lowest BCUT2D eigenvalue weighted by molar-refractivity contribution is -0.119. The molecule has 0 radical (unpaired) electrons. The molecule has 0 aromatic carbocycles. The van der Waals surface area contributed by atoms with Gasteiger partial charge in [-0.05, 0) is 51.8 Å². The van der Waals surface area contributed by atoms with Gasteiger partial charge in [0, 0.05) is 5.69 Å². The Morgan fingerprint density at radius 1 is 1.14 bits per heavy atom. The smallest absolute Gasteiger partial charge is 0.152 e. The second kappa shape index (κ2) is 7.40. The zero-order valence-corrected chi connectivity index (χ0v) is 13.9. The summed E-state index contributed by atoms with van der Waals surface area (Å²) in [7, 11) is 0. The van der Waals surface area contributed by atoms with E-state index in [0.29, 0.717) is 24.8 Å². The van der Waals surface area contributed by atoms with Crippen molar-refractivity contribution < 1.29 is 4.79 Å². The summed E-state index contributed by atoms with van der Waals surface area (Å²) in [6.45, 7) is 4.90. The van der Waals surface area contributed by atoms with Gasteiger partial charge in [0.25, 0.3) is 0 Å². The molecule has 2 heterocycles. The number of carbonyl (C=O) groups is 1. The van der Waals surface area contributed by atoms with Gasteiger partial charge in [0.05, 0.1) is 24.7 Å². The van der Waals surface area contributed by atoms with E-state index >= 15 is 0 Å². The number of aryl methyl sites for hydroxylation is 1. The summed E-state index contributed by atoms with van der Waals surface area (Å²) in [6, 6.07) is 2.67. The van der Waals surface area contributed by atoms with Crippen LogP contribution in [-0.2, 0) is 11.2 Å². The molecule has 0 atom stereocenters. The summed E-state index contributed by atoms with van der Waals surface area (Å²) in [5.41, 5.74) is 2.18. The third kappa shape index (κ3) is 3.97. The molecule has 1 aromatic rings. The standard InChI is InChI=1S/C18H29N3O/c1-15-12-16(19-21(15)17-8-4-2-5-9-17)13-18(22)14-20-10-6-3-7-11-20/h12,17H,2-11,13-14H2,1H3. The molecule has 1 saturated carbocycles. The predicted octanol–water partition coefficient (Wildman–Crippen LogP) is 3.29. The highest BCUT2D eigenvalue weighted by Crippen LogP contribution is 2.28. The molecule has 1 aromatic heterocycles. The quantitative estimate of drug-likeness (QED) is 0.837. The summed E-state index contributed by atoms with van der Waals surface area (Å²) >= 11 is 0. The first-order valence-electron chi connectivity index (χ1n) is 9.01. The minimum Gasteiger partial charge on any atom is -0.298 e. The number of likely N-dealkylation sites (tertiary alicyclic amines) is 1. The number of carbonyl (C=O) groups excluding carboxylic acids is 1. The highest BCUT2D eigenvalue weighted by molar-refractivity contribution is 5.82. The first kappa shape index (κ1) is 15.7. The van der Waals surface area contributed by atoms with Crippen LogP contribution in [0.25, 0.3) is 0 Å². The average Bonchev–Trinajstić information content (AvgIpc) is 2.89. The van der Waals surface area contributed by atoms with E-state index in [4.69, 9.17) is 5.10 Å². The lowest BCUT2D eigenvalue weighted by Crippen LogP contribution is -2.35. The number of hydrogen-bond donors (Lipinski definition) is 0. The Kier molecular flexibility index (Phi) is 5.29. The van der Waals surface area contributed by atoms with Crippen LogP contribution < -0.4 is 0 Å². The van der Waals surface area contributed by atoms with Gasteiger partial charge in [-0.1, -0.05) is 25.7 Å². The Balaban J connectivity index is 1.56. The SMILES string of the molecule is Cc1cc(CC(=O)CN2CCCCC2)nn1C1CCCCC1. The molecule has 1 saturated heterocycles. The molecule has 4 nitrogen and oxygen atoms in total. The van der Waals surface area contributed by atoms with Gasteiger partial charge in [0.15, 0.2) is 5.78 Å². The Morgan fingerprint density at radius 2 is 1.82 bits per heavy atom. The first-order valence-corrected chi connectivity index (χ1v) is 9.01. The summed E-state index contributed by atoms with van der Waals surface area (Å²) in [5, 5.41) is 4.74. The van der Waals surface area contributed by atoms with E-state index < -0.39 is 0 Å². The molecule has 0 unspecified atom stereocenters. The van der Waals surface area contributed by atoms with Crippen LogP contribution >= 0.6 is 0 Å². The van der Waals surface area contributed by atoms with Crippen molar-refractivity contribution in [3.8, 4) is 0 Å². The molecule has 1 aliphatic heterocycles. The van der Waals surface area contributed by atoms with E-state index in [1.54, 1.807) is 0 Å². The van der Waals surface area contributed by atoms with Crippen LogP contribution in [0, 0.1) is 6.92 Å². The lowest BCUT2D eigenvalue weighted by atomic mass is 9.95. The monoisotopic (exact) mass is 303 g/mol. The van der Waals surface area contributed by atoms with Crippen molar-refractivity contribution in [3.63, 3.8) is 0 Å².